The van der Waals surface area contributed by atoms with Crippen molar-refractivity contribution in [3.8, 4) is 11.5 Å². The second-order valence-corrected chi connectivity index (χ2v) is 9.01. The van der Waals surface area contributed by atoms with E-state index in [-0.39, 0.29) is 18.9 Å². The minimum absolute atomic E-state index is 0.137. The van der Waals surface area contributed by atoms with Crippen molar-refractivity contribution in [1.82, 2.24) is 5.32 Å². The topological polar surface area (TPSA) is 84.9 Å². The van der Waals surface area contributed by atoms with Crippen molar-refractivity contribution in [3.63, 3.8) is 0 Å². The fraction of sp³-hybridized carbons (Fsp3) is 0.409. The van der Waals surface area contributed by atoms with Crippen LogP contribution < -0.4 is 19.1 Å². The zero-order chi connectivity index (χ0) is 22.1. The molecule has 0 saturated heterocycles. The Labute approximate surface area is 179 Å². The lowest BCUT2D eigenvalue weighted by Gasteiger charge is -2.24. The summed E-state index contributed by atoms with van der Waals surface area (Å²) in [6, 6.07) is 12.8. The molecule has 0 aromatic heterocycles. The van der Waals surface area contributed by atoms with E-state index in [0.29, 0.717) is 31.0 Å². The molecule has 0 bridgehead atoms. The number of nitrogens with one attached hydrogen (secondary N) is 1. The predicted molar refractivity (Wildman–Crippen MR) is 119 cm³/mol. The number of hydrogen-bond acceptors (Lipinski definition) is 5. The summed E-state index contributed by atoms with van der Waals surface area (Å²) >= 11 is 0. The maximum atomic E-state index is 12.2. The molecule has 0 radical (unpaired) electrons. The summed E-state index contributed by atoms with van der Waals surface area (Å²) in [6.07, 6.45) is 1.84. The van der Waals surface area contributed by atoms with Gasteiger partial charge in [-0.3, -0.25) is 9.10 Å². The first-order chi connectivity index (χ1) is 14.2. The van der Waals surface area contributed by atoms with Gasteiger partial charge in [-0.1, -0.05) is 17.7 Å². The molecule has 2 rings (SSSR count). The van der Waals surface area contributed by atoms with E-state index in [1.165, 1.54) is 10.6 Å². The molecule has 1 N–H and O–H groups in total. The van der Waals surface area contributed by atoms with E-state index in [0.717, 1.165) is 16.9 Å². The van der Waals surface area contributed by atoms with E-state index in [1.54, 1.807) is 31.4 Å². The number of amides is 1. The highest BCUT2D eigenvalue weighted by Gasteiger charge is 2.19. The molecule has 2 aromatic rings. The SMILES string of the molecule is COc1ccc(OCCNC(=O)CCCN(c2ccc(C)cc2C)S(C)(=O)=O)cc1. The van der Waals surface area contributed by atoms with Crippen LogP contribution in [0.25, 0.3) is 0 Å². The predicted octanol–water partition coefficient (Wildman–Crippen LogP) is 3.05. The van der Waals surface area contributed by atoms with Crippen LogP contribution in [0.2, 0.25) is 0 Å². The molecular formula is C22H30N2O5S. The molecule has 0 saturated carbocycles. The second kappa shape index (κ2) is 10.9. The third-order valence-corrected chi connectivity index (χ3v) is 5.72. The Bertz CT molecular complexity index is 943. The number of aryl methyl sites for hydroxylation is 2. The Morgan fingerprint density at radius 3 is 2.33 bits per heavy atom. The summed E-state index contributed by atoms with van der Waals surface area (Å²) in [5, 5.41) is 2.79. The number of benzene rings is 2. The van der Waals surface area contributed by atoms with Gasteiger partial charge in [0.1, 0.15) is 18.1 Å². The molecule has 7 nitrogen and oxygen atoms in total. The van der Waals surface area contributed by atoms with Crippen LogP contribution in [0.4, 0.5) is 5.69 Å². The highest BCUT2D eigenvalue weighted by atomic mass is 32.2. The van der Waals surface area contributed by atoms with Gasteiger partial charge in [-0.2, -0.15) is 0 Å². The largest absolute Gasteiger partial charge is 0.497 e. The Hall–Kier alpha value is -2.74. The first-order valence-corrected chi connectivity index (χ1v) is 11.6. The van der Waals surface area contributed by atoms with Crippen molar-refractivity contribution in [1.29, 1.82) is 0 Å². The fourth-order valence-corrected chi connectivity index (χ4v) is 4.08. The van der Waals surface area contributed by atoms with Crippen molar-refractivity contribution in [2.24, 2.45) is 0 Å². The normalized spacial score (nSPS) is 11.1. The number of carbonyl (C=O) groups is 1. The van der Waals surface area contributed by atoms with E-state index in [1.807, 2.05) is 32.0 Å². The molecule has 0 aliphatic heterocycles. The molecule has 0 spiro atoms. The van der Waals surface area contributed by atoms with E-state index < -0.39 is 10.0 Å². The smallest absolute Gasteiger partial charge is 0.232 e. The van der Waals surface area contributed by atoms with Gasteiger partial charge in [0.05, 0.1) is 25.6 Å². The molecular weight excluding hydrogens is 404 g/mol. The van der Waals surface area contributed by atoms with Gasteiger partial charge in [0.2, 0.25) is 15.9 Å². The van der Waals surface area contributed by atoms with Gasteiger partial charge in [-0.05, 0) is 56.2 Å². The van der Waals surface area contributed by atoms with Crippen molar-refractivity contribution >= 4 is 21.6 Å². The van der Waals surface area contributed by atoms with Crippen LogP contribution in [0.3, 0.4) is 0 Å². The van der Waals surface area contributed by atoms with Crippen molar-refractivity contribution < 1.29 is 22.7 Å². The monoisotopic (exact) mass is 434 g/mol. The Kier molecular flexibility index (Phi) is 8.53. The lowest BCUT2D eigenvalue weighted by atomic mass is 10.1. The first-order valence-electron chi connectivity index (χ1n) is 9.79. The average molecular weight is 435 g/mol. The van der Waals surface area contributed by atoms with Gasteiger partial charge in [-0.15, -0.1) is 0 Å². The van der Waals surface area contributed by atoms with Gasteiger partial charge in [-0.25, -0.2) is 8.42 Å². The summed E-state index contributed by atoms with van der Waals surface area (Å²) in [5.41, 5.74) is 2.61. The van der Waals surface area contributed by atoms with Crippen LogP contribution in [0.15, 0.2) is 42.5 Å². The lowest BCUT2D eigenvalue weighted by molar-refractivity contribution is -0.121. The number of nitrogens with zero attached hydrogens (tertiary/aromatic N) is 1. The highest BCUT2D eigenvalue weighted by molar-refractivity contribution is 7.92. The number of hydrogen-bond donors (Lipinski definition) is 1. The molecule has 1 amide bonds. The molecule has 0 unspecified atom stereocenters. The van der Waals surface area contributed by atoms with Crippen molar-refractivity contribution in [3.05, 3.63) is 53.6 Å². The molecule has 30 heavy (non-hydrogen) atoms. The zero-order valence-corrected chi connectivity index (χ0v) is 18.8. The molecule has 0 heterocycles. The third kappa shape index (κ3) is 7.26. The minimum atomic E-state index is -3.44. The average Bonchev–Trinajstić information content (AvgIpc) is 2.69. The lowest BCUT2D eigenvalue weighted by Crippen LogP contribution is -2.33. The minimum Gasteiger partial charge on any atom is -0.497 e. The van der Waals surface area contributed by atoms with E-state index in [9.17, 15) is 13.2 Å². The number of sulfonamides is 1. The second-order valence-electron chi connectivity index (χ2n) is 7.10. The Morgan fingerprint density at radius 1 is 1.07 bits per heavy atom. The zero-order valence-electron chi connectivity index (χ0n) is 18.0. The molecule has 0 aliphatic rings. The number of rotatable bonds is 11. The van der Waals surface area contributed by atoms with Crippen LogP contribution in [0, 0.1) is 13.8 Å². The maximum Gasteiger partial charge on any atom is 0.232 e. The first kappa shape index (κ1) is 23.5. The summed E-state index contributed by atoms with van der Waals surface area (Å²) < 4.78 is 36.5. The highest BCUT2D eigenvalue weighted by Crippen LogP contribution is 2.24. The number of carbonyl (C=O) groups excluding carboxylic acids is 1. The van der Waals surface area contributed by atoms with E-state index >= 15 is 0 Å². The number of anilines is 1. The summed E-state index contributed by atoms with van der Waals surface area (Å²) in [6.45, 7) is 4.81. The maximum absolute atomic E-state index is 12.2. The number of ether oxygens (including phenoxy) is 2. The molecule has 164 valence electrons. The molecule has 8 heteroatoms. The van der Waals surface area contributed by atoms with Crippen molar-refractivity contribution in [2.45, 2.75) is 26.7 Å². The van der Waals surface area contributed by atoms with Crippen LogP contribution in [-0.2, 0) is 14.8 Å². The van der Waals surface area contributed by atoms with E-state index in [2.05, 4.69) is 5.32 Å². The third-order valence-electron chi connectivity index (χ3n) is 4.54. The van der Waals surface area contributed by atoms with Gasteiger partial charge < -0.3 is 14.8 Å². The van der Waals surface area contributed by atoms with Crippen LogP contribution >= 0.6 is 0 Å². The van der Waals surface area contributed by atoms with Gasteiger partial charge in [0.15, 0.2) is 0 Å². The van der Waals surface area contributed by atoms with Gasteiger partial charge >= 0.3 is 0 Å². The summed E-state index contributed by atoms with van der Waals surface area (Å²) in [5.74, 6) is 1.31. The van der Waals surface area contributed by atoms with Crippen LogP contribution in [0.5, 0.6) is 11.5 Å². The van der Waals surface area contributed by atoms with E-state index in [4.69, 9.17) is 9.47 Å². The molecule has 0 aliphatic carbocycles. The van der Waals surface area contributed by atoms with Crippen LogP contribution in [-0.4, -0.2) is 47.4 Å². The van der Waals surface area contributed by atoms with Crippen LogP contribution in [0.1, 0.15) is 24.0 Å². The summed E-state index contributed by atoms with van der Waals surface area (Å²) in [7, 11) is -1.84. The number of methoxy groups -OCH3 is 1. The molecule has 0 atom stereocenters. The molecule has 2 aromatic carbocycles. The summed E-state index contributed by atoms with van der Waals surface area (Å²) in [4.78, 5) is 12.1. The Morgan fingerprint density at radius 2 is 1.73 bits per heavy atom. The van der Waals surface area contributed by atoms with Gasteiger partial charge in [0.25, 0.3) is 0 Å². The van der Waals surface area contributed by atoms with Crippen molar-refractivity contribution in [2.75, 3.05) is 37.4 Å². The molecule has 0 fully saturated rings. The standard InChI is InChI=1S/C22H30N2O5S/c1-17-7-12-21(18(2)16-17)24(30(4,26)27)14-5-6-22(25)23-13-15-29-20-10-8-19(28-3)9-11-20/h7-12,16H,5-6,13-15H2,1-4H3,(H,23,25). The quantitative estimate of drug-likeness (QED) is 0.550. The van der Waals surface area contributed by atoms with Gasteiger partial charge in [0, 0.05) is 13.0 Å². The Balaban J connectivity index is 1.77. The fourth-order valence-electron chi connectivity index (χ4n) is 3.05.